The molecule has 5 nitrogen and oxygen atoms in total. The highest BCUT2D eigenvalue weighted by atomic mass is 16.2. The maximum Gasteiger partial charge on any atom is 0.237 e. The third-order valence-corrected chi connectivity index (χ3v) is 3.64. The molecule has 18 heavy (non-hydrogen) atoms. The lowest BCUT2D eigenvalue weighted by Gasteiger charge is -2.15. The molecule has 2 fully saturated rings. The fraction of sp³-hybridized carbons (Fsp3) is 0.846. The second-order valence-corrected chi connectivity index (χ2v) is 5.43. The first-order chi connectivity index (χ1) is 8.66. The van der Waals surface area contributed by atoms with Gasteiger partial charge in [0.25, 0.3) is 0 Å². The van der Waals surface area contributed by atoms with Crippen LogP contribution in [-0.4, -0.2) is 37.0 Å². The van der Waals surface area contributed by atoms with Crippen LogP contribution >= 0.6 is 0 Å². The van der Waals surface area contributed by atoms with Crippen LogP contribution in [0.25, 0.3) is 0 Å². The van der Waals surface area contributed by atoms with Crippen LogP contribution in [0.5, 0.6) is 0 Å². The van der Waals surface area contributed by atoms with Gasteiger partial charge in [-0.1, -0.05) is 6.92 Å². The second-order valence-electron chi connectivity index (χ2n) is 5.43. The number of nitrogens with one attached hydrogen (secondary N) is 3. The van der Waals surface area contributed by atoms with Crippen molar-refractivity contribution < 1.29 is 9.59 Å². The van der Waals surface area contributed by atoms with Gasteiger partial charge in [0.2, 0.25) is 11.8 Å². The summed E-state index contributed by atoms with van der Waals surface area (Å²) in [7, 11) is 0. The van der Waals surface area contributed by atoms with Crippen molar-refractivity contribution in [2.45, 2.75) is 51.1 Å². The standard InChI is InChI=1S/C13H23N3O2/c1-9-6-8-14-12(9)13(18)15-7-2-3-11(17)16-10-4-5-10/h9-10,12,14H,2-8H2,1H3,(H,15,18)(H,16,17). The monoisotopic (exact) mass is 253 g/mol. The number of carbonyl (C=O) groups excluding carboxylic acids is 2. The number of rotatable bonds is 6. The van der Waals surface area contributed by atoms with Crippen LogP contribution in [0, 0.1) is 5.92 Å². The number of hydrogen-bond donors (Lipinski definition) is 3. The lowest BCUT2D eigenvalue weighted by molar-refractivity contribution is -0.124. The Kier molecular flexibility index (Phi) is 4.58. The molecule has 0 aromatic rings. The van der Waals surface area contributed by atoms with E-state index < -0.39 is 0 Å². The Bertz CT molecular complexity index is 315. The van der Waals surface area contributed by atoms with Gasteiger partial charge < -0.3 is 16.0 Å². The third kappa shape index (κ3) is 3.98. The zero-order valence-electron chi connectivity index (χ0n) is 11.0. The molecule has 0 spiro atoms. The lowest BCUT2D eigenvalue weighted by Crippen LogP contribution is -2.43. The molecule has 1 aliphatic heterocycles. The van der Waals surface area contributed by atoms with E-state index in [1.54, 1.807) is 0 Å². The summed E-state index contributed by atoms with van der Waals surface area (Å²) >= 11 is 0. The van der Waals surface area contributed by atoms with Crippen molar-refractivity contribution in [3.8, 4) is 0 Å². The van der Waals surface area contributed by atoms with Crippen molar-refractivity contribution in [1.29, 1.82) is 0 Å². The molecule has 1 aliphatic carbocycles. The molecule has 0 aromatic carbocycles. The molecule has 5 heteroatoms. The highest BCUT2D eigenvalue weighted by Crippen LogP contribution is 2.18. The second kappa shape index (κ2) is 6.18. The van der Waals surface area contributed by atoms with Crippen molar-refractivity contribution in [2.24, 2.45) is 5.92 Å². The Labute approximate surface area is 108 Å². The van der Waals surface area contributed by atoms with Gasteiger partial charge in [0.05, 0.1) is 6.04 Å². The topological polar surface area (TPSA) is 70.2 Å². The molecule has 0 aromatic heterocycles. The van der Waals surface area contributed by atoms with E-state index in [0.29, 0.717) is 31.3 Å². The maximum absolute atomic E-state index is 11.8. The van der Waals surface area contributed by atoms with Crippen molar-refractivity contribution in [3.63, 3.8) is 0 Å². The first kappa shape index (κ1) is 13.3. The molecule has 2 aliphatic rings. The molecular formula is C13H23N3O2. The Morgan fingerprint density at radius 3 is 2.67 bits per heavy atom. The molecule has 2 atom stereocenters. The molecule has 2 amide bonds. The molecule has 1 heterocycles. The van der Waals surface area contributed by atoms with Gasteiger partial charge >= 0.3 is 0 Å². The number of carbonyl (C=O) groups is 2. The first-order valence-corrected chi connectivity index (χ1v) is 6.97. The molecule has 2 rings (SSSR count). The largest absolute Gasteiger partial charge is 0.355 e. The quantitative estimate of drug-likeness (QED) is 0.591. The maximum atomic E-state index is 11.8. The highest BCUT2D eigenvalue weighted by Gasteiger charge is 2.28. The van der Waals surface area contributed by atoms with Crippen molar-refractivity contribution in [1.82, 2.24) is 16.0 Å². The Hall–Kier alpha value is -1.10. The minimum atomic E-state index is -0.0507. The highest BCUT2D eigenvalue weighted by molar-refractivity contribution is 5.82. The minimum Gasteiger partial charge on any atom is -0.355 e. The summed E-state index contributed by atoms with van der Waals surface area (Å²) in [5.41, 5.74) is 0. The Morgan fingerprint density at radius 1 is 1.28 bits per heavy atom. The Balaban J connectivity index is 1.54. The van der Waals surface area contributed by atoms with Gasteiger partial charge in [0.15, 0.2) is 0 Å². The Morgan fingerprint density at radius 2 is 2.06 bits per heavy atom. The van der Waals surface area contributed by atoms with Gasteiger partial charge in [-0.2, -0.15) is 0 Å². The van der Waals surface area contributed by atoms with E-state index in [1.165, 1.54) is 0 Å². The predicted octanol–water partition coefficient (Wildman–Crippen LogP) is 0.159. The summed E-state index contributed by atoms with van der Waals surface area (Å²) < 4.78 is 0. The summed E-state index contributed by atoms with van der Waals surface area (Å²) in [4.78, 5) is 23.2. The lowest BCUT2D eigenvalue weighted by atomic mass is 10.0. The minimum absolute atomic E-state index is 0.0507. The van der Waals surface area contributed by atoms with Crippen LogP contribution in [0.4, 0.5) is 0 Å². The molecule has 0 bridgehead atoms. The van der Waals surface area contributed by atoms with E-state index in [-0.39, 0.29) is 17.9 Å². The SMILES string of the molecule is CC1CCNC1C(=O)NCCCC(=O)NC1CC1. The molecular weight excluding hydrogens is 230 g/mol. The van der Waals surface area contributed by atoms with E-state index in [4.69, 9.17) is 0 Å². The fourth-order valence-corrected chi connectivity index (χ4v) is 2.28. The van der Waals surface area contributed by atoms with Crippen LogP contribution in [-0.2, 0) is 9.59 Å². The normalized spacial score (nSPS) is 26.9. The molecule has 3 N–H and O–H groups in total. The summed E-state index contributed by atoms with van der Waals surface area (Å²) in [6.07, 6.45) is 4.51. The number of hydrogen-bond acceptors (Lipinski definition) is 3. The third-order valence-electron chi connectivity index (χ3n) is 3.64. The van der Waals surface area contributed by atoms with Crippen LogP contribution in [0.15, 0.2) is 0 Å². The van der Waals surface area contributed by atoms with E-state index in [9.17, 15) is 9.59 Å². The van der Waals surface area contributed by atoms with Crippen molar-refractivity contribution in [3.05, 3.63) is 0 Å². The van der Waals surface area contributed by atoms with E-state index in [1.807, 2.05) is 0 Å². The van der Waals surface area contributed by atoms with E-state index in [2.05, 4.69) is 22.9 Å². The van der Waals surface area contributed by atoms with E-state index in [0.717, 1.165) is 25.8 Å². The summed E-state index contributed by atoms with van der Waals surface area (Å²) in [5, 5.41) is 9.04. The summed E-state index contributed by atoms with van der Waals surface area (Å²) in [6.45, 7) is 3.60. The molecule has 0 radical (unpaired) electrons. The fourth-order valence-electron chi connectivity index (χ4n) is 2.28. The average Bonchev–Trinajstić information content (AvgIpc) is 3.04. The molecule has 2 unspecified atom stereocenters. The van der Waals surface area contributed by atoms with Gasteiger partial charge in [0.1, 0.15) is 0 Å². The van der Waals surface area contributed by atoms with Gasteiger partial charge in [-0.25, -0.2) is 0 Å². The molecule has 1 saturated carbocycles. The zero-order valence-corrected chi connectivity index (χ0v) is 11.0. The first-order valence-electron chi connectivity index (χ1n) is 6.97. The van der Waals surface area contributed by atoms with E-state index >= 15 is 0 Å². The molecule has 1 saturated heterocycles. The molecule has 102 valence electrons. The van der Waals surface area contributed by atoms with Gasteiger partial charge in [-0.15, -0.1) is 0 Å². The smallest absolute Gasteiger partial charge is 0.237 e. The number of amides is 2. The summed E-state index contributed by atoms with van der Waals surface area (Å²) in [5.74, 6) is 0.588. The van der Waals surface area contributed by atoms with Crippen LogP contribution in [0.2, 0.25) is 0 Å². The van der Waals surface area contributed by atoms with Gasteiger partial charge in [0, 0.05) is 19.0 Å². The zero-order chi connectivity index (χ0) is 13.0. The van der Waals surface area contributed by atoms with Crippen LogP contribution < -0.4 is 16.0 Å². The summed E-state index contributed by atoms with van der Waals surface area (Å²) in [6, 6.07) is 0.376. The van der Waals surface area contributed by atoms with Crippen LogP contribution in [0.1, 0.15) is 39.0 Å². The average molecular weight is 253 g/mol. The predicted molar refractivity (Wildman–Crippen MR) is 69.0 cm³/mol. The van der Waals surface area contributed by atoms with Crippen molar-refractivity contribution in [2.75, 3.05) is 13.1 Å². The van der Waals surface area contributed by atoms with Crippen LogP contribution in [0.3, 0.4) is 0 Å². The van der Waals surface area contributed by atoms with Gasteiger partial charge in [-0.05, 0) is 38.1 Å². The van der Waals surface area contributed by atoms with Gasteiger partial charge in [-0.3, -0.25) is 9.59 Å². The van der Waals surface area contributed by atoms with Crippen molar-refractivity contribution >= 4 is 11.8 Å².